The van der Waals surface area contributed by atoms with Crippen LogP contribution in [0.2, 0.25) is 0 Å². The van der Waals surface area contributed by atoms with Crippen LogP contribution >= 0.6 is 0 Å². The summed E-state index contributed by atoms with van der Waals surface area (Å²) in [6.07, 6.45) is 2.56. The third kappa shape index (κ3) is 1.96. The highest BCUT2D eigenvalue weighted by atomic mass is 16.1. The fraction of sp³-hybridized carbons (Fsp3) is 0.333. The number of nitrogens with one attached hydrogen (secondary N) is 1. The molecule has 70 valence electrons. The minimum absolute atomic E-state index is 0.291. The molecule has 0 aromatic carbocycles. The fourth-order valence-electron chi connectivity index (χ4n) is 1.09. The monoisotopic (exact) mass is 179 g/mol. The number of primary amides is 1. The van der Waals surface area contributed by atoms with E-state index in [-0.39, 0.29) is 0 Å². The van der Waals surface area contributed by atoms with E-state index in [4.69, 9.17) is 5.73 Å². The number of pyridine rings is 1. The number of aromatic nitrogens is 1. The van der Waals surface area contributed by atoms with Crippen molar-refractivity contribution in [2.24, 2.45) is 5.73 Å². The zero-order valence-corrected chi connectivity index (χ0v) is 7.79. The lowest BCUT2D eigenvalue weighted by Crippen LogP contribution is -2.15. The molecular formula is C9H13N3O. The Labute approximate surface area is 77.2 Å². The maximum absolute atomic E-state index is 10.9. The van der Waals surface area contributed by atoms with Crippen molar-refractivity contribution in [2.75, 3.05) is 12.4 Å². The van der Waals surface area contributed by atoms with Crippen molar-refractivity contribution >= 4 is 11.6 Å². The van der Waals surface area contributed by atoms with Gasteiger partial charge in [0.15, 0.2) is 5.69 Å². The zero-order chi connectivity index (χ0) is 9.84. The molecule has 0 bridgehead atoms. The van der Waals surface area contributed by atoms with Crippen LogP contribution in [0.1, 0.15) is 23.0 Å². The van der Waals surface area contributed by atoms with Crippen LogP contribution in [0.4, 0.5) is 5.69 Å². The maximum Gasteiger partial charge on any atom is 0.269 e. The Morgan fingerprint density at radius 2 is 2.38 bits per heavy atom. The van der Waals surface area contributed by atoms with E-state index in [0.717, 1.165) is 12.0 Å². The number of rotatable bonds is 3. The summed E-state index contributed by atoms with van der Waals surface area (Å²) >= 11 is 0. The molecule has 0 unspecified atom stereocenters. The van der Waals surface area contributed by atoms with Crippen molar-refractivity contribution < 1.29 is 4.79 Å². The van der Waals surface area contributed by atoms with E-state index < -0.39 is 5.91 Å². The van der Waals surface area contributed by atoms with Crippen molar-refractivity contribution in [1.82, 2.24) is 4.98 Å². The minimum Gasteiger partial charge on any atom is -0.386 e. The highest BCUT2D eigenvalue weighted by Crippen LogP contribution is 2.13. The summed E-state index contributed by atoms with van der Waals surface area (Å²) in [6, 6.07) is 1.88. The highest BCUT2D eigenvalue weighted by Gasteiger charge is 2.08. The van der Waals surface area contributed by atoms with Crippen molar-refractivity contribution in [3.8, 4) is 0 Å². The van der Waals surface area contributed by atoms with Crippen LogP contribution in [-0.4, -0.2) is 17.9 Å². The lowest BCUT2D eigenvalue weighted by Gasteiger charge is -2.06. The average Bonchev–Trinajstić information content (AvgIpc) is 2.16. The number of anilines is 1. The van der Waals surface area contributed by atoms with Gasteiger partial charge in [-0.15, -0.1) is 0 Å². The van der Waals surface area contributed by atoms with Crippen LogP contribution in [0.15, 0.2) is 12.3 Å². The first-order valence-electron chi connectivity index (χ1n) is 4.15. The maximum atomic E-state index is 10.9. The molecule has 1 aromatic heterocycles. The molecule has 1 heterocycles. The second kappa shape index (κ2) is 3.89. The Hall–Kier alpha value is -1.58. The van der Waals surface area contributed by atoms with Crippen molar-refractivity contribution in [3.63, 3.8) is 0 Å². The molecule has 4 nitrogen and oxygen atoms in total. The molecule has 0 spiro atoms. The molecule has 0 aliphatic rings. The minimum atomic E-state index is -0.507. The lowest BCUT2D eigenvalue weighted by molar-refractivity contribution is 0.0996. The zero-order valence-electron chi connectivity index (χ0n) is 7.79. The number of nitrogens with two attached hydrogens (primary N) is 1. The predicted octanol–water partition coefficient (Wildman–Crippen LogP) is 0.785. The summed E-state index contributed by atoms with van der Waals surface area (Å²) in [5, 5.41) is 2.89. The van der Waals surface area contributed by atoms with Gasteiger partial charge >= 0.3 is 0 Å². The molecular weight excluding hydrogens is 166 g/mol. The van der Waals surface area contributed by atoms with Gasteiger partial charge in [-0.2, -0.15) is 0 Å². The number of carbonyl (C=O) groups is 1. The van der Waals surface area contributed by atoms with Gasteiger partial charge in [0.25, 0.3) is 5.91 Å². The van der Waals surface area contributed by atoms with Crippen molar-refractivity contribution in [3.05, 3.63) is 23.5 Å². The average molecular weight is 179 g/mol. The van der Waals surface area contributed by atoms with Crippen LogP contribution < -0.4 is 11.1 Å². The third-order valence-electron chi connectivity index (χ3n) is 1.86. The van der Waals surface area contributed by atoms with Crippen LogP contribution in [0.5, 0.6) is 0 Å². The molecule has 1 aromatic rings. The van der Waals surface area contributed by atoms with E-state index in [2.05, 4.69) is 10.3 Å². The third-order valence-corrected chi connectivity index (χ3v) is 1.86. The Bertz CT molecular complexity index is 323. The number of hydrogen-bond donors (Lipinski definition) is 2. The van der Waals surface area contributed by atoms with Crippen molar-refractivity contribution in [2.45, 2.75) is 13.3 Å². The molecule has 0 atom stereocenters. The summed E-state index contributed by atoms with van der Waals surface area (Å²) in [6.45, 7) is 2.03. The Balaban J connectivity index is 3.15. The van der Waals surface area contributed by atoms with Crippen LogP contribution in [0.3, 0.4) is 0 Å². The molecule has 0 aliphatic carbocycles. The molecule has 1 amide bonds. The molecule has 0 saturated heterocycles. The molecule has 13 heavy (non-hydrogen) atoms. The Morgan fingerprint density at radius 1 is 1.69 bits per heavy atom. The predicted molar refractivity (Wildman–Crippen MR) is 51.7 cm³/mol. The first-order valence-corrected chi connectivity index (χ1v) is 4.15. The summed E-state index contributed by atoms with van der Waals surface area (Å²) in [4.78, 5) is 14.9. The summed E-state index contributed by atoms with van der Waals surface area (Å²) in [5.41, 5.74) is 7.20. The SMILES string of the molecule is CCc1cnc(C(N)=O)c(NC)c1. The number of aryl methyl sites for hydroxylation is 1. The van der Waals surface area contributed by atoms with Gasteiger partial charge in [-0.25, -0.2) is 4.98 Å². The van der Waals surface area contributed by atoms with E-state index >= 15 is 0 Å². The number of hydrogen-bond acceptors (Lipinski definition) is 3. The Morgan fingerprint density at radius 3 is 2.85 bits per heavy atom. The second-order valence-electron chi connectivity index (χ2n) is 2.71. The van der Waals surface area contributed by atoms with Gasteiger partial charge < -0.3 is 11.1 Å². The van der Waals surface area contributed by atoms with Gasteiger partial charge in [0.1, 0.15) is 0 Å². The topological polar surface area (TPSA) is 68.0 Å². The molecule has 0 saturated carbocycles. The first-order chi connectivity index (χ1) is 6.19. The quantitative estimate of drug-likeness (QED) is 0.720. The van der Waals surface area contributed by atoms with Gasteiger partial charge in [-0.1, -0.05) is 6.92 Å². The Kier molecular flexibility index (Phi) is 2.84. The van der Waals surface area contributed by atoms with Crippen LogP contribution in [0.25, 0.3) is 0 Å². The number of amides is 1. The van der Waals surface area contributed by atoms with E-state index in [1.807, 2.05) is 13.0 Å². The van der Waals surface area contributed by atoms with Gasteiger partial charge in [0.05, 0.1) is 5.69 Å². The van der Waals surface area contributed by atoms with E-state index in [0.29, 0.717) is 11.4 Å². The van der Waals surface area contributed by atoms with Crippen LogP contribution in [0, 0.1) is 0 Å². The van der Waals surface area contributed by atoms with Gasteiger partial charge in [0.2, 0.25) is 0 Å². The largest absolute Gasteiger partial charge is 0.386 e. The van der Waals surface area contributed by atoms with Gasteiger partial charge in [-0.3, -0.25) is 4.79 Å². The van der Waals surface area contributed by atoms with E-state index in [1.165, 1.54) is 0 Å². The van der Waals surface area contributed by atoms with Crippen molar-refractivity contribution in [1.29, 1.82) is 0 Å². The van der Waals surface area contributed by atoms with E-state index in [1.54, 1.807) is 13.2 Å². The fourth-order valence-corrected chi connectivity index (χ4v) is 1.09. The van der Waals surface area contributed by atoms with Crippen LogP contribution in [-0.2, 0) is 6.42 Å². The van der Waals surface area contributed by atoms with Gasteiger partial charge in [-0.05, 0) is 18.1 Å². The molecule has 4 heteroatoms. The smallest absolute Gasteiger partial charge is 0.269 e. The standard InChI is InChI=1S/C9H13N3O/c1-3-6-4-7(11-2)8(9(10)13)12-5-6/h4-5,11H,3H2,1-2H3,(H2,10,13). The lowest BCUT2D eigenvalue weighted by atomic mass is 10.2. The number of carbonyl (C=O) groups excluding carboxylic acids is 1. The normalized spacial score (nSPS) is 9.69. The van der Waals surface area contributed by atoms with Gasteiger partial charge in [0, 0.05) is 13.2 Å². The second-order valence-corrected chi connectivity index (χ2v) is 2.71. The summed E-state index contributed by atoms with van der Waals surface area (Å²) < 4.78 is 0. The molecule has 3 N–H and O–H groups in total. The highest BCUT2D eigenvalue weighted by molar-refractivity contribution is 5.96. The first kappa shape index (κ1) is 9.51. The summed E-state index contributed by atoms with van der Waals surface area (Å²) in [5.74, 6) is -0.507. The summed E-state index contributed by atoms with van der Waals surface area (Å²) in [7, 11) is 1.74. The molecule has 0 radical (unpaired) electrons. The molecule has 1 rings (SSSR count). The molecule has 0 aliphatic heterocycles. The molecule has 0 fully saturated rings. The number of nitrogens with zero attached hydrogens (tertiary/aromatic N) is 1. The van der Waals surface area contributed by atoms with E-state index in [9.17, 15) is 4.79 Å².